The molecule has 1 aliphatic rings. The lowest BCUT2D eigenvalue weighted by Crippen LogP contribution is -2.39. The van der Waals surface area contributed by atoms with Crippen molar-refractivity contribution >= 4 is 5.91 Å². The van der Waals surface area contributed by atoms with Crippen LogP contribution in [0.1, 0.15) is 40.4 Å². The number of aromatic nitrogens is 2. The van der Waals surface area contributed by atoms with E-state index in [1.54, 1.807) is 29.3 Å². The van der Waals surface area contributed by atoms with E-state index < -0.39 is 5.82 Å². The van der Waals surface area contributed by atoms with Gasteiger partial charge in [-0.2, -0.15) is 0 Å². The van der Waals surface area contributed by atoms with Crippen LogP contribution in [0.3, 0.4) is 0 Å². The molecule has 1 unspecified atom stereocenters. The van der Waals surface area contributed by atoms with Gasteiger partial charge in [0.25, 0.3) is 5.91 Å². The minimum absolute atomic E-state index is 0.121. The van der Waals surface area contributed by atoms with Gasteiger partial charge in [-0.3, -0.25) is 4.79 Å². The van der Waals surface area contributed by atoms with Crippen LogP contribution >= 0.6 is 0 Å². The lowest BCUT2D eigenvalue weighted by molar-refractivity contribution is 0.0701. The van der Waals surface area contributed by atoms with E-state index in [1.165, 1.54) is 6.07 Å². The van der Waals surface area contributed by atoms with Gasteiger partial charge in [0.15, 0.2) is 5.82 Å². The molecule has 5 heteroatoms. The first-order valence-electron chi connectivity index (χ1n) is 9.55. The highest BCUT2D eigenvalue weighted by Crippen LogP contribution is 2.28. The molecule has 0 spiro atoms. The Hall–Kier alpha value is -3.08. The van der Waals surface area contributed by atoms with Crippen LogP contribution in [0.5, 0.6) is 0 Å². The Kier molecular flexibility index (Phi) is 5.15. The summed E-state index contributed by atoms with van der Waals surface area (Å²) in [5.74, 6) is 0.0870. The van der Waals surface area contributed by atoms with Crippen molar-refractivity contribution in [3.8, 4) is 11.4 Å². The summed E-state index contributed by atoms with van der Waals surface area (Å²) >= 11 is 0. The van der Waals surface area contributed by atoms with E-state index in [0.717, 1.165) is 29.7 Å². The molecule has 1 amide bonds. The molecule has 4 nitrogen and oxygen atoms in total. The fraction of sp³-hybridized carbons (Fsp3) is 0.261. The molecule has 1 aliphatic heterocycles. The van der Waals surface area contributed by atoms with Gasteiger partial charge in [0.05, 0.1) is 5.56 Å². The fourth-order valence-corrected chi connectivity index (χ4v) is 3.73. The van der Waals surface area contributed by atoms with Crippen LogP contribution in [-0.2, 0) is 0 Å². The van der Waals surface area contributed by atoms with Gasteiger partial charge in [0.2, 0.25) is 0 Å². The number of hydrogen-bond donors (Lipinski definition) is 0. The first-order valence-corrected chi connectivity index (χ1v) is 9.55. The van der Waals surface area contributed by atoms with Gasteiger partial charge in [-0.15, -0.1) is 0 Å². The predicted molar refractivity (Wildman–Crippen MR) is 106 cm³/mol. The number of nitrogens with zero attached hydrogens (tertiary/aromatic N) is 3. The zero-order chi connectivity index (χ0) is 19.5. The van der Waals surface area contributed by atoms with Gasteiger partial charge in [-0.1, -0.05) is 35.9 Å². The van der Waals surface area contributed by atoms with Gasteiger partial charge >= 0.3 is 0 Å². The van der Waals surface area contributed by atoms with Crippen molar-refractivity contribution in [2.24, 2.45) is 0 Å². The Balaban J connectivity index is 1.56. The van der Waals surface area contributed by atoms with E-state index in [1.807, 2.05) is 31.2 Å². The van der Waals surface area contributed by atoms with Crippen molar-refractivity contribution in [1.82, 2.24) is 14.9 Å². The Labute approximate surface area is 164 Å². The second kappa shape index (κ2) is 7.89. The minimum atomic E-state index is -0.474. The number of carbonyl (C=O) groups excluding carboxylic acids is 1. The lowest BCUT2D eigenvalue weighted by Gasteiger charge is -2.32. The summed E-state index contributed by atoms with van der Waals surface area (Å²) in [5.41, 5.74) is 3.20. The Morgan fingerprint density at radius 3 is 2.82 bits per heavy atom. The molecule has 28 heavy (non-hydrogen) atoms. The third kappa shape index (κ3) is 3.79. The summed E-state index contributed by atoms with van der Waals surface area (Å²) in [6, 6.07) is 16.2. The molecule has 2 heterocycles. The summed E-state index contributed by atoms with van der Waals surface area (Å²) in [5, 5.41) is 0. The van der Waals surface area contributed by atoms with Gasteiger partial charge < -0.3 is 4.90 Å². The lowest BCUT2D eigenvalue weighted by atomic mass is 9.94. The topological polar surface area (TPSA) is 46.1 Å². The first-order chi connectivity index (χ1) is 13.6. The van der Waals surface area contributed by atoms with E-state index in [4.69, 9.17) is 4.98 Å². The standard InChI is InChI=1S/C23H22FN3O/c1-16-6-4-7-17(14-16)22-25-12-11-21(26-22)18-8-5-13-27(15-18)23(28)19-9-2-3-10-20(19)24/h2-4,6-7,9-12,14,18H,5,8,13,15H2,1H3. The van der Waals surface area contributed by atoms with Crippen LogP contribution in [0, 0.1) is 12.7 Å². The number of benzene rings is 2. The number of halogens is 1. The number of likely N-dealkylation sites (tertiary alicyclic amines) is 1. The average Bonchev–Trinajstić information content (AvgIpc) is 2.74. The van der Waals surface area contributed by atoms with Crippen molar-refractivity contribution in [2.75, 3.05) is 13.1 Å². The second-order valence-corrected chi connectivity index (χ2v) is 7.24. The zero-order valence-corrected chi connectivity index (χ0v) is 15.8. The molecule has 1 aromatic heterocycles. The first kappa shape index (κ1) is 18.3. The molecule has 2 aromatic carbocycles. The number of piperidine rings is 1. The highest BCUT2D eigenvalue weighted by atomic mass is 19.1. The van der Waals surface area contributed by atoms with Crippen molar-refractivity contribution in [2.45, 2.75) is 25.7 Å². The monoisotopic (exact) mass is 375 g/mol. The average molecular weight is 375 g/mol. The zero-order valence-electron chi connectivity index (χ0n) is 15.8. The molecule has 0 bridgehead atoms. The minimum Gasteiger partial charge on any atom is -0.338 e. The maximum Gasteiger partial charge on any atom is 0.256 e. The summed E-state index contributed by atoms with van der Waals surface area (Å²) in [7, 11) is 0. The smallest absolute Gasteiger partial charge is 0.256 e. The normalized spacial score (nSPS) is 16.8. The number of rotatable bonds is 3. The highest BCUT2D eigenvalue weighted by molar-refractivity contribution is 5.94. The predicted octanol–water partition coefficient (Wildman–Crippen LogP) is 4.61. The number of amides is 1. The van der Waals surface area contributed by atoms with Gasteiger partial charge in [-0.05, 0) is 44.0 Å². The van der Waals surface area contributed by atoms with Crippen LogP contribution < -0.4 is 0 Å². The molecule has 0 aliphatic carbocycles. The van der Waals surface area contributed by atoms with Crippen LogP contribution in [0.15, 0.2) is 60.8 Å². The molecular formula is C23H22FN3O. The van der Waals surface area contributed by atoms with Crippen molar-refractivity contribution < 1.29 is 9.18 Å². The van der Waals surface area contributed by atoms with Crippen LogP contribution in [-0.4, -0.2) is 33.9 Å². The summed E-state index contributed by atoms with van der Waals surface area (Å²) < 4.78 is 14.0. The van der Waals surface area contributed by atoms with Gasteiger partial charge in [0.1, 0.15) is 5.82 Å². The van der Waals surface area contributed by atoms with Crippen molar-refractivity contribution in [3.05, 3.63) is 83.4 Å². The Bertz CT molecular complexity index is 1000. The summed E-state index contributed by atoms with van der Waals surface area (Å²) in [4.78, 5) is 23.7. The molecule has 0 saturated carbocycles. The molecule has 0 N–H and O–H groups in total. The molecule has 1 saturated heterocycles. The van der Waals surface area contributed by atoms with E-state index in [0.29, 0.717) is 18.9 Å². The SMILES string of the molecule is Cc1cccc(-c2nccc(C3CCCN(C(=O)c4ccccc4F)C3)n2)c1. The number of aryl methyl sites for hydroxylation is 1. The van der Waals surface area contributed by atoms with Crippen LogP contribution in [0.25, 0.3) is 11.4 Å². The second-order valence-electron chi connectivity index (χ2n) is 7.24. The van der Waals surface area contributed by atoms with E-state index in [2.05, 4.69) is 11.1 Å². The van der Waals surface area contributed by atoms with E-state index >= 15 is 0 Å². The third-order valence-electron chi connectivity index (χ3n) is 5.18. The van der Waals surface area contributed by atoms with Crippen LogP contribution in [0.2, 0.25) is 0 Å². The van der Waals surface area contributed by atoms with Crippen LogP contribution in [0.4, 0.5) is 4.39 Å². The fourth-order valence-electron chi connectivity index (χ4n) is 3.73. The quantitative estimate of drug-likeness (QED) is 0.671. The molecule has 3 aromatic rings. The number of carbonyl (C=O) groups is 1. The van der Waals surface area contributed by atoms with Gasteiger partial charge in [-0.25, -0.2) is 14.4 Å². The molecule has 4 rings (SSSR count). The largest absolute Gasteiger partial charge is 0.338 e. The molecule has 1 atom stereocenters. The number of hydrogen-bond acceptors (Lipinski definition) is 3. The molecule has 142 valence electrons. The van der Waals surface area contributed by atoms with E-state index in [-0.39, 0.29) is 17.4 Å². The molecule has 1 fully saturated rings. The Morgan fingerprint density at radius 2 is 2.00 bits per heavy atom. The van der Waals surface area contributed by atoms with Gasteiger partial charge in [0, 0.05) is 36.5 Å². The summed E-state index contributed by atoms with van der Waals surface area (Å²) in [6.07, 6.45) is 3.59. The summed E-state index contributed by atoms with van der Waals surface area (Å²) in [6.45, 7) is 3.22. The highest BCUT2D eigenvalue weighted by Gasteiger charge is 2.27. The van der Waals surface area contributed by atoms with Crippen molar-refractivity contribution in [1.29, 1.82) is 0 Å². The molecule has 0 radical (unpaired) electrons. The third-order valence-corrected chi connectivity index (χ3v) is 5.18. The maximum atomic E-state index is 14.0. The Morgan fingerprint density at radius 1 is 1.14 bits per heavy atom. The molecular weight excluding hydrogens is 353 g/mol. The van der Waals surface area contributed by atoms with Crippen molar-refractivity contribution in [3.63, 3.8) is 0 Å². The maximum absolute atomic E-state index is 14.0. The van der Waals surface area contributed by atoms with E-state index in [9.17, 15) is 9.18 Å².